The van der Waals surface area contributed by atoms with Crippen molar-refractivity contribution < 1.29 is 9.47 Å². The van der Waals surface area contributed by atoms with Crippen molar-refractivity contribution >= 4 is 32.3 Å². The first-order chi connectivity index (χ1) is 11.8. The van der Waals surface area contributed by atoms with Gasteiger partial charge in [-0.15, -0.1) is 0 Å². The molecule has 2 aromatic carbocycles. The van der Waals surface area contributed by atoms with E-state index in [4.69, 9.17) is 19.4 Å². The maximum atomic E-state index is 5.19. The molecule has 2 aromatic heterocycles. The van der Waals surface area contributed by atoms with Gasteiger partial charge in [-0.25, -0.2) is 9.97 Å². The lowest BCUT2D eigenvalue weighted by Gasteiger charge is -2.00. The van der Waals surface area contributed by atoms with Crippen LogP contribution in [0, 0.1) is 0 Å². The lowest BCUT2D eigenvalue weighted by Crippen LogP contribution is -1.82. The second kappa shape index (κ2) is 6.22. The molecule has 2 heterocycles. The number of methoxy groups -OCH3 is 2. The van der Waals surface area contributed by atoms with Gasteiger partial charge >= 0.3 is 0 Å². The molecular weight excluding hydrogens is 340 g/mol. The van der Waals surface area contributed by atoms with Gasteiger partial charge in [-0.1, -0.05) is 22.7 Å². The Morgan fingerprint density at radius 1 is 0.625 bits per heavy atom. The Kier molecular flexibility index (Phi) is 3.92. The minimum absolute atomic E-state index is 0.844. The quantitative estimate of drug-likeness (QED) is 0.511. The molecule has 0 aliphatic rings. The van der Waals surface area contributed by atoms with Gasteiger partial charge < -0.3 is 9.47 Å². The summed E-state index contributed by atoms with van der Waals surface area (Å²) in [4.78, 5) is 11.4. The van der Waals surface area contributed by atoms with E-state index in [0.717, 1.165) is 42.3 Å². The number of hydrogen-bond donors (Lipinski definition) is 0. The molecular formula is C18H14N2O2S2. The van der Waals surface area contributed by atoms with Crippen LogP contribution in [0.4, 0.5) is 0 Å². The zero-order valence-electron chi connectivity index (χ0n) is 13.1. The Morgan fingerprint density at radius 2 is 1.00 bits per heavy atom. The van der Waals surface area contributed by atoms with Gasteiger partial charge in [0.25, 0.3) is 0 Å². The van der Waals surface area contributed by atoms with Crippen molar-refractivity contribution in [2.24, 2.45) is 0 Å². The van der Waals surface area contributed by atoms with Crippen molar-refractivity contribution in [1.82, 2.24) is 9.97 Å². The van der Waals surface area contributed by atoms with Crippen LogP contribution < -0.4 is 9.47 Å². The molecule has 0 bridgehead atoms. The van der Waals surface area contributed by atoms with Crippen molar-refractivity contribution in [2.75, 3.05) is 14.2 Å². The third kappa shape index (κ3) is 2.74. The Hall–Kier alpha value is -2.44. The highest BCUT2D eigenvalue weighted by Crippen LogP contribution is 2.37. The largest absolute Gasteiger partial charge is 0.497 e. The van der Waals surface area contributed by atoms with Crippen LogP contribution in [0.2, 0.25) is 0 Å². The molecule has 24 heavy (non-hydrogen) atoms. The minimum Gasteiger partial charge on any atom is -0.497 e. The van der Waals surface area contributed by atoms with Gasteiger partial charge in [-0.05, 0) is 48.5 Å². The lowest BCUT2D eigenvalue weighted by atomic mass is 10.2. The zero-order chi connectivity index (χ0) is 16.5. The van der Waals surface area contributed by atoms with E-state index in [-0.39, 0.29) is 0 Å². The third-order valence-corrected chi connectivity index (χ3v) is 5.78. The van der Waals surface area contributed by atoms with E-state index in [0.29, 0.717) is 0 Å². The summed E-state index contributed by atoms with van der Waals surface area (Å²) >= 11 is 3.22. The molecule has 0 spiro atoms. The molecule has 0 radical (unpaired) electrons. The Balaban J connectivity index is 1.66. The number of rotatable bonds is 4. The highest BCUT2D eigenvalue weighted by Gasteiger charge is 2.13. The average Bonchev–Trinajstić information content (AvgIpc) is 3.21. The maximum absolute atomic E-state index is 5.19. The summed E-state index contributed by atoms with van der Waals surface area (Å²) in [6.07, 6.45) is 0. The van der Waals surface area contributed by atoms with E-state index in [9.17, 15) is 0 Å². The third-order valence-electron chi connectivity index (χ3n) is 3.65. The Labute approximate surface area is 147 Å². The first kappa shape index (κ1) is 15.1. The van der Waals surface area contributed by atoms with Gasteiger partial charge in [-0.3, -0.25) is 0 Å². The van der Waals surface area contributed by atoms with E-state index in [1.165, 1.54) is 0 Å². The summed E-state index contributed by atoms with van der Waals surface area (Å²) < 4.78 is 10.4. The first-order valence-electron chi connectivity index (χ1n) is 7.33. The summed E-state index contributed by atoms with van der Waals surface area (Å²) in [6, 6.07) is 15.9. The molecule has 0 amide bonds. The summed E-state index contributed by atoms with van der Waals surface area (Å²) in [6.45, 7) is 0. The van der Waals surface area contributed by atoms with E-state index >= 15 is 0 Å². The molecule has 6 heteroatoms. The molecule has 0 fully saturated rings. The number of ether oxygens (including phenoxy) is 2. The molecule has 0 N–H and O–H groups in total. The molecule has 0 aliphatic heterocycles. The van der Waals surface area contributed by atoms with Crippen LogP contribution in [0.3, 0.4) is 0 Å². The predicted molar refractivity (Wildman–Crippen MR) is 99.3 cm³/mol. The van der Waals surface area contributed by atoms with Crippen LogP contribution in [0.1, 0.15) is 0 Å². The fourth-order valence-electron chi connectivity index (χ4n) is 2.36. The lowest BCUT2D eigenvalue weighted by molar-refractivity contribution is 0.415. The standard InChI is InChI=1S/C18H14N2O2S2/c1-21-13-7-3-11(4-8-13)15-19-17-18(23-15)20-16(24-17)12-5-9-14(22-2)10-6-12/h3-10H,1-2H3. The highest BCUT2D eigenvalue weighted by molar-refractivity contribution is 7.29. The summed E-state index contributed by atoms with van der Waals surface area (Å²) in [5.74, 6) is 1.69. The van der Waals surface area contributed by atoms with E-state index in [1.54, 1.807) is 36.9 Å². The first-order valence-corrected chi connectivity index (χ1v) is 8.96. The number of fused-ring (bicyclic) bond motifs is 1. The highest BCUT2D eigenvalue weighted by atomic mass is 32.1. The number of hydrogen-bond acceptors (Lipinski definition) is 6. The SMILES string of the molecule is COc1ccc(-c2nc3sc(-c4ccc(OC)cc4)nc3s2)cc1. The minimum atomic E-state index is 0.844. The molecule has 0 atom stereocenters. The molecule has 4 aromatic rings. The molecule has 0 saturated carbocycles. The van der Waals surface area contributed by atoms with Crippen LogP contribution in [0.25, 0.3) is 30.8 Å². The van der Waals surface area contributed by atoms with Crippen molar-refractivity contribution in [3.63, 3.8) is 0 Å². The number of benzene rings is 2. The molecule has 4 rings (SSSR count). The molecule has 0 unspecified atom stereocenters. The molecule has 4 nitrogen and oxygen atoms in total. The normalized spacial score (nSPS) is 10.9. The van der Waals surface area contributed by atoms with E-state index < -0.39 is 0 Å². The fourth-order valence-corrected chi connectivity index (χ4v) is 4.41. The second-order valence-electron chi connectivity index (χ2n) is 5.11. The smallest absolute Gasteiger partial charge is 0.155 e. The molecule has 120 valence electrons. The molecule has 0 saturated heterocycles. The topological polar surface area (TPSA) is 44.2 Å². The van der Waals surface area contributed by atoms with E-state index in [2.05, 4.69) is 0 Å². The van der Waals surface area contributed by atoms with Crippen molar-refractivity contribution in [3.05, 3.63) is 48.5 Å². The summed E-state index contributed by atoms with van der Waals surface area (Å²) in [5, 5.41) is 1.96. The van der Waals surface area contributed by atoms with Crippen LogP contribution in [-0.2, 0) is 0 Å². The van der Waals surface area contributed by atoms with Crippen LogP contribution in [-0.4, -0.2) is 24.2 Å². The van der Waals surface area contributed by atoms with Crippen molar-refractivity contribution in [3.8, 4) is 32.6 Å². The van der Waals surface area contributed by atoms with Crippen molar-refractivity contribution in [1.29, 1.82) is 0 Å². The maximum Gasteiger partial charge on any atom is 0.155 e. The number of nitrogens with zero attached hydrogens (tertiary/aromatic N) is 2. The second-order valence-corrected chi connectivity index (χ2v) is 7.06. The number of thiazole rings is 2. The van der Waals surface area contributed by atoms with Crippen LogP contribution in [0.5, 0.6) is 11.5 Å². The van der Waals surface area contributed by atoms with Crippen LogP contribution in [0.15, 0.2) is 48.5 Å². The average molecular weight is 354 g/mol. The van der Waals surface area contributed by atoms with Gasteiger partial charge in [0.1, 0.15) is 21.5 Å². The zero-order valence-corrected chi connectivity index (χ0v) is 14.8. The van der Waals surface area contributed by atoms with Gasteiger partial charge in [0.2, 0.25) is 0 Å². The van der Waals surface area contributed by atoms with Gasteiger partial charge in [-0.2, -0.15) is 0 Å². The summed E-state index contributed by atoms with van der Waals surface area (Å²) in [7, 11) is 3.33. The number of aromatic nitrogens is 2. The predicted octanol–water partition coefficient (Wildman–Crippen LogP) is 5.10. The van der Waals surface area contributed by atoms with Crippen molar-refractivity contribution in [2.45, 2.75) is 0 Å². The molecule has 0 aliphatic carbocycles. The summed E-state index contributed by atoms with van der Waals surface area (Å²) in [5.41, 5.74) is 2.16. The van der Waals surface area contributed by atoms with Gasteiger partial charge in [0.15, 0.2) is 9.66 Å². The van der Waals surface area contributed by atoms with E-state index in [1.807, 2.05) is 48.5 Å². The Bertz CT molecular complexity index is 864. The fraction of sp³-hybridized carbons (Fsp3) is 0.111. The van der Waals surface area contributed by atoms with Crippen LogP contribution >= 0.6 is 22.7 Å². The monoisotopic (exact) mass is 354 g/mol. The van der Waals surface area contributed by atoms with Gasteiger partial charge in [0.05, 0.1) is 14.2 Å². The van der Waals surface area contributed by atoms with Gasteiger partial charge in [0, 0.05) is 11.1 Å². The Morgan fingerprint density at radius 3 is 1.33 bits per heavy atom.